The van der Waals surface area contributed by atoms with Gasteiger partial charge >= 0.3 is 17.7 Å². The van der Waals surface area contributed by atoms with E-state index in [0.717, 1.165) is 0 Å². The molecule has 5 bridgehead atoms. The van der Waals surface area contributed by atoms with Crippen molar-refractivity contribution in [3.63, 3.8) is 0 Å². The minimum Gasteiger partial charge on any atom is -0.462 e. The van der Waals surface area contributed by atoms with Crippen LogP contribution >= 0.6 is 0 Å². The standard InChI is InChI=1S/C50H60N2O14/c1-24-16-15-17-25(2)48(59)51-38-39(52-22-26(3)63-27(4)23-52)43(57)35-36(42(38)56)45(65-49(60)33-18-13-12-14-19-33)31(8)46-37(35)47(58)50(10,66-46)62-21-20-34(61-11)28(5)44(64-32(9)53)30(7)41(55)29(6)40(24)54/h12-21,24,26-30,34,40-41,44,54-55H,22-23H2,1-11H3,(H,51,59)/b16-15-,21-20-,25-17-/t24-,26?,27?,28+,29+,30-,34-,40-,41-,44+,50-/m0/s1. The molecular weight excluding hydrogens is 853 g/mol. The largest absolute Gasteiger partial charge is 0.462 e. The number of amides is 1. The summed E-state index contributed by atoms with van der Waals surface area (Å²) >= 11 is 0. The Morgan fingerprint density at radius 3 is 2.12 bits per heavy atom. The average Bonchev–Trinajstić information content (AvgIpc) is 3.54. The van der Waals surface area contributed by atoms with Crippen molar-refractivity contribution < 1.29 is 67.4 Å². The number of esters is 2. The van der Waals surface area contributed by atoms with E-state index in [0.29, 0.717) is 0 Å². The first-order valence-electron chi connectivity index (χ1n) is 22.1. The van der Waals surface area contributed by atoms with E-state index < -0.39 is 118 Å². The molecule has 2 aromatic carbocycles. The second kappa shape index (κ2) is 19.9. The van der Waals surface area contributed by atoms with Crippen molar-refractivity contribution >= 4 is 35.2 Å². The van der Waals surface area contributed by atoms with Gasteiger partial charge in [-0.15, -0.1) is 0 Å². The summed E-state index contributed by atoms with van der Waals surface area (Å²) in [6.45, 7) is 16.3. The Hall–Kier alpha value is -5.94. The van der Waals surface area contributed by atoms with Gasteiger partial charge in [0.15, 0.2) is 0 Å². The fourth-order valence-electron chi connectivity index (χ4n) is 9.18. The van der Waals surface area contributed by atoms with Crippen molar-refractivity contribution in [2.45, 2.75) is 112 Å². The predicted octanol–water partition coefficient (Wildman–Crippen LogP) is 5.58. The van der Waals surface area contributed by atoms with Crippen molar-refractivity contribution in [2.75, 3.05) is 20.2 Å². The van der Waals surface area contributed by atoms with Gasteiger partial charge in [-0.2, -0.15) is 0 Å². The maximum absolute atomic E-state index is 15.4. The topological polar surface area (TPSA) is 214 Å². The van der Waals surface area contributed by atoms with E-state index in [4.69, 9.17) is 28.4 Å². The molecule has 7 rings (SSSR count). The average molecular weight is 913 g/mol. The fraction of sp³-hybridized carbons (Fsp3) is 0.480. The summed E-state index contributed by atoms with van der Waals surface area (Å²) in [6.07, 6.45) is 2.47. The Labute approximate surface area is 384 Å². The van der Waals surface area contributed by atoms with E-state index in [1.54, 1.807) is 76.8 Å². The highest BCUT2D eigenvalue weighted by molar-refractivity contribution is 6.32. The molecule has 354 valence electrons. The lowest BCUT2D eigenvalue weighted by atomic mass is 9.78. The van der Waals surface area contributed by atoms with Crippen LogP contribution in [0.1, 0.15) is 109 Å². The van der Waals surface area contributed by atoms with E-state index in [2.05, 4.69) is 5.32 Å². The summed E-state index contributed by atoms with van der Waals surface area (Å²) < 4.78 is 35.9. The van der Waals surface area contributed by atoms with Crippen LogP contribution in [0.15, 0.2) is 77.9 Å². The number of aliphatic hydroxyl groups is 2. The number of fused-ring (bicyclic) bond motifs is 14. The summed E-state index contributed by atoms with van der Waals surface area (Å²) in [5.74, 6) is -10.1. The number of rotatable bonds is 5. The number of hydrogen-bond donors (Lipinski definition) is 3. The van der Waals surface area contributed by atoms with E-state index in [-0.39, 0.29) is 52.5 Å². The summed E-state index contributed by atoms with van der Waals surface area (Å²) in [5, 5.41) is 25.7. The number of ether oxygens (including phenoxy) is 6. The molecule has 4 aliphatic heterocycles. The van der Waals surface area contributed by atoms with Crippen molar-refractivity contribution in [2.24, 2.45) is 23.7 Å². The quantitative estimate of drug-likeness (QED) is 0.247. The molecule has 3 N–H and O–H groups in total. The van der Waals surface area contributed by atoms with E-state index in [1.807, 2.05) is 0 Å². The van der Waals surface area contributed by atoms with Crippen molar-refractivity contribution in [1.29, 1.82) is 0 Å². The Kier molecular flexibility index (Phi) is 14.9. The lowest BCUT2D eigenvalue weighted by Crippen LogP contribution is -2.49. The number of aliphatic hydroxyl groups excluding tert-OH is 2. The zero-order valence-corrected chi connectivity index (χ0v) is 39.2. The Bertz CT molecular complexity index is 2390. The van der Waals surface area contributed by atoms with Crippen molar-refractivity contribution in [1.82, 2.24) is 10.2 Å². The van der Waals surface area contributed by atoms with E-state index in [1.165, 1.54) is 65.4 Å². The highest BCUT2D eigenvalue weighted by Gasteiger charge is 2.54. The molecule has 11 atom stereocenters. The zero-order valence-electron chi connectivity index (χ0n) is 39.2. The third kappa shape index (κ3) is 9.64. The number of morpholine rings is 1. The number of nitrogens with zero attached hydrogens (tertiary/aromatic N) is 1. The molecule has 0 spiro atoms. The number of allylic oxidation sites excluding steroid dienone is 4. The molecule has 66 heavy (non-hydrogen) atoms. The van der Waals surface area contributed by atoms with E-state index in [9.17, 15) is 29.4 Å². The van der Waals surface area contributed by atoms with Gasteiger partial charge in [-0.1, -0.05) is 64.1 Å². The van der Waals surface area contributed by atoms with Crippen molar-refractivity contribution in [3.8, 4) is 11.5 Å². The Morgan fingerprint density at radius 1 is 0.848 bits per heavy atom. The Balaban J connectivity index is 1.57. The van der Waals surface area contributed by atoms with Crippen LogP contribution in [-0.4, -0.2) is 113 Å². The van der Waals surface area contributed by atoms with Crippen LogP contribution in [0.3, 0.4) is 0 Å². The second-order valence-corrected chi connectivity index (χ2v) is 17.9. The van der Waals surface area contributed by atoms with Gasteiger partial charge in [0.05, 0.1) is 59.0 Å². The van der Waals surface area contributed by atoms with Crippen LogP contribution in [0, 0.1) is 30.6 Å². The van der Waals surface area contributed by atoms with Gasteiger partial charge in [0.2, 0.25) is 11.6 Å². The second-order valence-electron chi connectivity index (χ2n) is 17.9. The van der Waals surface area contributed by atoms with Crippen molar-refractivity contribution in [3.05, 3.63) is 106 Å². The minimum absolute atomic E-state index is 0.0269. The molecule has 0 radical (unpaired) electrons. The summed E-state index contributed by atoms with van der Waals surface area (Å²) in [5.41, 5.74) is -1.46. The number of benzene rings is 2. The third-order valence-corrected chi connectivity index (χ3v) is 12.8. The molecule has 2 aromatic rings. The Morgan fingerprint density at radius 2 is 1.50 bits per heavy atom. The molecule has 2 unspecified atom stereocenters. The van der Waals surface area contributed by atoms with Gasteiger partial charge in [0.25, 0.3) is 11.7 Å². The first-order chi connectivity index (χ1) is 31.1. The molecule has 1 amide bonds. The minimum atomic E-state index is -2.16. The van der Waals surface area contributed by atoms with Crippen LogP contribution < -0.4 is 14.8 Å². The number of carbonyl (C=O) groups excluding carboxylic acids is 6. The van der Waals surface area contributed by atoms with Crippen LogP contribution in [0.25, 0.3) is 0 Å². The van der Waals surface area contributed by atoms with Crippen LogP contribution in [0.4, 0.5) is 0 Å². The van der Waals surface area contributed by atoms with Gasteiger partial charge < -0.3 is 48.9 Å². The monoisotopic (exact) mass is 912 g/mol. The number of carbonyl (C=O) groups is 6. The van der Waals surface area contributed by atoms with Gasteiger partial charge in [0.1, 0.15) is 29.0 Å². The van der Waals surface area contributed by atoms with Gasteiger partial charge in [0, 0.05) is 68.9 Å². The van der Waals surface area contributed by atoms with E-state index >= 15 is 9.59 Å². The summed E-state index contributed by atoms with van der Waals surface area (Å²) in [7, 11) is 1.42. The molecule has 0 aromatic heterocycles. The molecule has 1 fully saturated rings. The van der Waals surface area contributed by atoms with Gasteiger partial charge in [-0.25, -0.2) is 4.79 Å². The third-order valence-electron chi connectivity index (χ3n) is 12.8. The fourth-order valence-corrected chi connectivity index (χ4v) is 9.18. The predicted molar refractivity (Wildman–Crippen MR) is 239 cm³/mol. The molecular formula is C50H60N2O14. The number of Topliss-reactive ketones (excluding diaryl/α,β-unsaturated/α-hetero) is 3. The van der Waals surface area contributed by atoms with Crippen LogP contribution in [0.5, 0.6) is 11.5 Å². The highest BCUT2D eigenvalue weighted by Crippen LogP contribution is 2.50. The summed E-state index contributed by atoms with van der Waals surface area (Å²) in [6, 6.07) is 7.97. The molecule has 16 nitrogen and oxygen atoms in total. The zero-order chi connectivity index (χ0) is 48.5. The smallest absolute Gasteiger partial charge is 0.343 e. The molecule has 1 saturated heterocycles. The number of methoxy groups -OCH3 is 1. The van der Waals surface area contributed by atoms with Crippen LogP contribution in [0.2, 0.25) is 0 Å². The SMILES string of the molecule is CO[C@H]1/C=C\O[C@@]2(C)Oc3c(C)c(OC(=O)c4ccccc4)c4c(c3C2=O)C(=O)C(N2CC(C)OC(C)C2)=C(NC(=O)/C(C)=C\C=C/[C@H](C)[C@H](O)[C@@H](C)[C@H](O)[C@H](C)[C@H](OC(C)=O)[C@@H]1C)C4=O. The number of ketones is 3. The maximum Gasteiger partial charge on any atom is 0.343 e. The number of nitrogens with one attached hydrogen (secondary N) is 1. The lowest BCUT2D eigenvalue weighted by Gasteiger charge is -2.39. The first kappa shape index (κ1) is 49.5. The molecule has 1 aliphatic carbocycles. The highest BCUT2D eigenvalue weighted by atomic mass is 16.7. The molecule has 16 heteroatoms. The normalized spacial score (nSPS) is 32.7. The maximum atomic E-state index is 15.4. The molecule has 5 aliphatic rings. The van der Waals surface area contributed by atoms with Crippen LogP contribution in [-0.2, 0) is 28.5 Å². The number of hydrogen-bond acceptors (Lipinski definition) is 15. The molecule has 0 saturated carbocycles. The van der Waals surface area contributed by atoms with Gasteiger partial charge in [-0.3, -0.25) is 24.0 Å². The van der Waals surface area contributed by atoms with Gasteiger partial charge in [-0.05, 0) is 45.9 Å². The first-order valence-corrected chi connectivity index (χ1v) is 22.1. The lowest BCUT2D eigenvalue weighted by molar-refractivity contribution is -0.160. The summed E-state index contributed by atoms with van der Waals surface area (Å²) in [4.78, 5) is 87.5. The molecule has 4 heterocycles.